The van der Waals surface area contributed by atoms with Crippen LogP contribution in [0.4, 0.5) is 26.0 Å². The van der Waals surface area contributed by atoms with Crippen molar-refractivity contribution in [2.45, 2.75) is 33.3 Å². The second-order valence-electron chi connectivity index (χ2n) is 6.42. The van der Waals surface area contributed by atoms with E-state index in [1.165, 1.54) is 30.7 Å². The fraction of sp³-hybridized carbons (Fsp3) is 0.263. The van der Waals surface area contributed by atoms with Gasteiger partial charge in [0.1, 0.15) is 18.1 Å². The van der Waals surface area contributed by atoms with Crippen LogP contribution in [0.1, 0.15) is 30.9 Å². The first-order valence-corrected chi connectivity index (χ1v) is 9.48. The van der Waals surface area contributed by atoms with Gasteiger partial charge in [-0.1, -0.05) is 0 Å². The number of hydrogen-bond acceptors (Lipinski definition) is 7. The molecule has 0 saturated carbocycles. The van der Waals surface area contributed by atoms with E-state index < -0.39 is 5.92 Å². The first kappa shape index (κ1) is 20.6. The number of rotatable bonds is 7. The molecule has 3 heterocycles. The number of aryl methyl sites for hydroxylation is 1. The molecule has 3 rings (SSSR count). The third kappa shape index (κ3) is 5.67. The van der Waals surface area contributed by atoms with Crippen molar-refractivity contribution in [3.8, 4) is 5.75 Å². The second kappa shape index (κ2) is 8.48. The van der Waals surface area contributed by atoms with Crippen LogP contribution in [0.2, 0.25) is 0 Å². The highest BCUT2D eigenvalue weighted by atomic mass is 32.1. The summed E-state index contributed by atoms with van der Waals surface area (Å²) in [5.41, 5.74) is 1.70. The Kier molecular flexibility index (Phi) is 6.02. The van der Waals surface area contributed by atoms with E-state index in [-0.39, 0.29) is 18.2 Å². The lowest BCUT2D eigenvalue weighted by Crippen LogP contribution is -2.11. The number of ether oxygens (including phenoxy) is 1. The van der Waals surface area contributed by atoms with E-state index in [1.54, 1.807) is 19.1 Å². The van der Waals surface area contributed by atoms with Crippen molar-refractivity contribution >= 4 is 34.6 Å². The van der Waals surface area contributed by atoms with Gasteiger partial charge < -0.3 is 15.4 Å². The highest BCUT2D eigenvalue weighted by molar-refractivity contribution is 7.03. The van der Waals surface area contributed by atoms with Crippen molar-refractivity contribution in [1.29, 1.82) is 0 Å². The summed E-state index contributed by atoms with van der Waals surface area (Å²) in [6.07, 6.45) is 1.45. The Morgan fingerprint density at radius 3 is 2.76 bits per heavy atom. The summed E-state index contributed by atoms with van der Waals surface area (Å²) in [5.74, 6) is -2.68. The Hall–Kier alpha value is -3.14. The number of amides is 1. The largest absolute Gasteiger partial charge is 0.483 e. The molecule has 0 aliphatic rings. The number of anilines is 3. The van der Waals surface area contributed by atoms with E-state index in [0.717, 1.165) is 12.6 Å². The van der Waals surface area contributed by atoms with E-state index in [0.29, 0.717) is 28.6 Å². The molecule has 0 saturated heterocycles. The lowest BCUT2D eigenvalue weighted by Gasteiger charge is -2.16. The third-order valence-electron chi connectivity index (χ3n) is 3.72. The van der Waals surface area contributed by atoms with Crippen molar-refractivity contribution in [2.75, 3.05) is 10.6 Å². The lowest BCUT2D eigenvalue weighted by atomic mass is 10.2. The van der Waals surface area contributed by atoms with Crippen molar-refractivity contribution in [3.05, 3.63) is 52.9 Å². The molecule has 0 atom stereocenters. The van der Waals surface area contributed by atoms with Gasteiger partial charge in [-0.05, 0) is 36.7 Å². The smallest absolute Gasteiger partial charge is 0.287 e. The number of halogens is 2. The van der Waals surface area contributed by atoms with Crippen molar-refractivity contribution in [3.63, 3.8) is 0 Å². The number of nitrogens with zero attached hydrogens (tertiary/aromatic N) is 3. The minimum atomic E-state index is -3.08. The minimum absolute atomic E-state index is 0.215. The molecule has 10 heteroatoms. The molecule has 0 bridgehead atoms. The SMILES string of the molecule is CC(=O)Nc1cc(Nc2cc(C)nc(C(C)(F)F)c2)c(OCc2ccsn2)cn1. The quantitative estimate of drug-likeness (QED) is 0.580. The summed E-state index contributed by atoms with van der Waals surface area (Å²) in [5, 5.41) is 7.48. The Balaban J connectivity index is 1.92. The number of pyridine rings is 2. The lowest BCUT2D eigenvalue weighted by molar-refractivity contribution is -0.114. The van der Waals surface area contributed by atoms with Crippen LogP contribution in [0.25, 0.3) is 0 Å². The van der Waals surface area contributed by atoms with Crippen LogP contribution >= 0.6 is 11.5 Å². The van der Waals surface area contributed by atoms with E-state index in [2.05, 4.69) is 25.0 Å². The molecule has 0 spiro atoms. The van der Waals surface area contributed by atoms with Gasteiger partial charge in [0.25, 0.3) is 5.92 Å². The molecule has 0 unspecified atom stereocenters. The molecule has 2 N–H and O–H groups in total. The third-order valence-corrected chi connectivity index (χ3v) is 4.32. The molecule has 3 aromatic rings. The summed E-state index contributed by atoms with van der Waals surface area (Å²) in [6, 6.07) is 6.31. The standard InChI is InChI=1S/C19H19F2N5O2S/c1-11-6-14(7-17(23-11)19(3,20)21)25-15-8-18(24-12(2)27)22-9-16(15)28-10-13-4-5-29-26-13/h4-9H,10H2,1-3H3,(H2,22,23,24,25,27). The summed E-state index contributed by atoms with van der Waals surface area (Å²) in [4.78, 5) is 19.4. The van der Waals surface area contributed by atoms with Crippen LogP contribution in [0.3, 0.4) is 0 Å². The maximum atomic E-state index is 13.7. The Morgan fingerprint density at radius 2 is 2.10 bits per heavy atom. The van der Waals surface area contributed by atoms with Gasteiger partial charge in [-0.15, -0.1) is 0 Å². The molecule has 0 radical (unpaired) electrons. The molecule has 3 aromatic heterocycles. The van der Waals surface area contributed by atoms with Crippen molar-refractivity contribution in [1.82, 2.24) is 14.3 Å². The predicted molar refractivity (Wildman–Crippen MR) is 107 cm³/mol. The average molecular weight is 419 g/mol. The molecule has 152 valence electrons. The summed E-state index contributed by atoms with van der Waals surface area (Å²) in [7, 11) is 0. The summed E-state index contributed by atoms with van der Waals surface area (Å²) < 4.78 is 37.4. The van der Waals surface area contributed by atoms with Crippen LogP contribution in [0.5, 0.6) is 5.75 Å². The zero-order valence-electron chi connectivity index (χ0n) is 16.0. The Morgan fingerprint density at radius 1 is 1.31 bits per heavy atom. The Bertz CT molecular complexity index is 1010. The maximum Gasteiger partial charge on any atom is 0.287 e. The fourth-order valence-corrected chi connectivity index (χ4v) is 3.02. The first-order chi connectivity index (χ1) is 13.7. The number of aromatic nitrogens is 3. The molecule has 0 aromatic carbocycles. The molecule has 0 fully saturated rings. The number of carbonyl (C=O) groups is 1. The van der Waals surface area contributed by atoms with Crippen molar-refractivity contribution < 1.29 is 18.3 Å². The normalized spacial score (nSPS) is 11.2. The number of carbonyl (C=O) groups excluding carboxylic acids is 1. The molecule has 0 aliphatic carbocycles. The van der Waals surface area contributed by atoms with Gasteiger partial charge in [-0.2, -0.15) is 13.2 Å². The summed E-state index contributed by atoms with van der Waals surface area (Å²) in [6.45, 7) is 4.01. The van der Waals surface area contributed by atoms with Gasteiger partial charge in [0, 0.05) is 36.7 Å². The molecule has 7 nitrogen and oxygen atoms in total. The molecule has 29 heavy (non-hydrogen) atoms. The molecular weight excluding hydrogens is 400 g/mol. The Labute approximate surface area is 170 Å². The molecule has 0 aliphatic heterocycles. The van der Waals surface area contributed by atoms with E-state index in [4.69, 9.17) is 4.74 Å². The number of hydrogen-bond donors (Lipinski definition) is 2. The number of alkyl halides is 2. The van der Waals surface area contributed by atoms with Crippen LogP contribution in [0, 0.1) is 6.92 Å². The maximum absolute atomic E-state index is 13.7. The predicted octanol–water partition coefficient (Wildman–Crippen LogP) is 4.63. The topological polar surface area (TPSA) is 89.0 Å². The van der Waals surface area contributed by atoms with Crippen LogP contribution in [-0.2, 0) is 17.3 Å². The van der Waals surface area contributed by atoms with Gasteiger partial charge in [-0.25, -0.2) is 4.98 Å². The first-order valence-electron chi connectivity index (χ1n) is 8.64. The molecular formula is C19H19F2N5O2S. The molecule has 1 amide bonds. The van der Waals surface area contributed by atoms with E-state index in [1.807, 2.05) is 11.4 Å². The zero-order valence-corrected chi connectivity index (χ0v) is 16.8. The van der Waals surface area contributed by atoms with Gasteiger partial charge in [-0.3, -0.25) is 9.78 Å². The van der Waals surface area contributed by atoms with E-state index >= 15 is 0 Å². The van der Waals surface area contributed by atoms with Gasteiger partial charge in [0.05, 0.1) is 17.6 Å². The van der Waals surface area contributed by atoms with Crippen molar-refractivity contribution in [2.24, 2.45) is 0 Å². The van der Waals surface area contributed by atoms with Gasteiger partial charge >= 0.3 is 0 Å². The number of nitrogens with one attached hydrogen (secondary N) is 2. The highest BCUT2D eigenvalue weighted by Crippen LogP contribution is 2.33. The second-order valence-corrected chi connectivity index (χ2v) is 7.09. The fourth-order valence-electron chi connectivity index (χ4n) is 2.49. The van der Waals surface area contributed by atoms with E-state index in [9.17, 15) is 13.6 Å². The zero-order chi connectivity index (χ0) is 21.0. The van der Waals surface area contributed by atoms with Crippen LogP contribution in [-0.4, -0.2) is 20.2 Å². The van der Waals surface area contributed by atoms with Crippen LogP contribution in [0.15, 0.2) is 35.8 Å². The van der Waals surface area contributed by atoms with Gasteiger partial charge in [0.15, 0.2) is 5.75 Å². The van der Waals surface area contributed by atoms with Crippen LogP contribution < -0.4 is 15.4 Å². The average Bonchev–Trinajstić information content (AvgIpc) is 3.13. The van der Waals surface area contributed by atoms with Gasteiger partial charge in [0.2, 0.25) is 5.91 Å². The monoisotopic (exact) mass is 419 g/mol. The minimum Gasteiger partial charge on any atom is -0.483 e. The summed E-state index contributed by atoms with van der Waals surface area (Å²) >= 11 is 1.31. The highest BCUT2D eigenvalue weighted by Gasteiger charge is 2.27.